The maximum absolute atomic E-state index is 12.7. The van der Waals surface area contributed by atoms with Crippen molar-refractivity contribution in [3.63, 3.8) is 0 Å². The third-order valence-electron chi connectivity index (χ3n) is 5.22. The van der Waals surface area contributed by atoms with Crippen LogP contribution in [0.1, 0.15) is 36.8 Å². The van der Waals surface area contributed by atoms with Gasteiger partial charge >= 0.3 is 0 Å². The van der Waals surface area contributed by atoms with Crippen LogP contribution in [-0.2, 0) is 17.9 Å². The Morgan fingerprint density at radius 2 is 1.63 bits per heavy atom. The Labute approximate surface area is 164 Å². The van der Waals surface area contributed by atoms with E-state index in [0.29, 0.717) is 13.1 Å². The molecule has 1 aromatic carbocycles. The van der Waals surface area contributed by atoms with Crippen molar-refractivity contribution in [2.24, 2.45) is 10.4 Å². The average Bonchev–Trinajstić information content (AvgIpc) is 3.12. The first-order valence-electron chi connectivity index (χ1n) is 9.75. The van der Waals surface area contributed by atoms with Gasteiger partial charge in [-0.3, -0.25) is 9.79 Å². The van der Waals surface area contributed by atoms with E-state index in [1.54, 1.807) is 11.9 Å². The van der Waals surface area contributed by atoms with Gasteiger partial charge in [-0.2, -0.15) is 0 Å². The molecule has 150 valence electrons. The second-order valence-electron chi connectivity index (χ2n) is 8.02. The van der Waals surface area contributed by atoms with Crippen LogP contribution in [0.15, 0.2) is 29.3 Å². The Morgan fingerprint density at radius 1 is 1.04 bits per heavy atom. The molecule has 0 unspecified atom stereocenters. The molecule has 0 bridgehead atoms. The number of hydrogen-bond acceptors (Lipinski definition) is 3. The van der Waals surface area contributed by atoms with Gasteiger partial charge in [0.25, 0.3) is 0 Å². The number of aliphatic imine (C=N–C) groups is 1. The van der Waals surface area contributed by atoms with Crippen molar-refractivity contribution in [3.8, 4) is 0 Å². The first-order chi connectivity index (χ1) is 12.9. The van der Waals surface area contributed by atoms with E-state index in [9.17, 15) is 4.79 Å². The second-order valence-corrected chi connectivity index (χ2v) is 8.02. The molecule has 0 aliphatic heterocycles. The van der Waals surface area contributed by atoms with E-state index in [2.05, 4.69) is 58.9 Å². The summed E-state index contributed by atoms with van der Waals surface area (Å²) >= 11 is 0. The molecule has 1 fully saturated rings. The number of rotatable bonds is 7. The first kappa shape index (κ1) is 21.2. The molecule has 1 aromatic rings. The standard InChI is InChI=1S/C21H35N5O/c1-22-20(23-14-17-8-10-18(11-9-17)15-25(2)3)24-16-21(12-6-7-13-21)19(27)26(4)5/h8-11H,6-7,12-16H2,1-5H3,(H2,22,23,24). The van der Waals surface area contributed by atoms with Crippen LogP contribution in [0.4, 0.5) is 0 Å². The number of amides is 1. The lowest BCUT2D eigenvalue weighted by molar-refractivity contribution is -0.138. The van der Waals surface area contributed by atoms with E-state index in [0.717, 1.165) is 38.2 Å². The highest BCUT2D eigenvalue weighted by Crippen LogP contribution is 2.38. The summed E-state index contributed by atoms with van der Waals surface area (Å²) < 4.78 is 0. The molecule has 0 saturated heterocycles. The number of benzene rings is 1. The topological polar surface area (TPSA) is 60.0 Å². The van der Waals surface area contributed by atoms with Crippen LogP contribution < -0.4 is 10.6 Å². The summed E-state index contributed by atoms with van der Waals surface area (Å²) in [6.45, 7) is 2.28. The summed E-state index contributed by atoms with van der Waals surface area (Å²) in [5.41, 5.74) is 2.21. The highest BCUT2D eigenvalue weighted by molar-refractivity contribution is 5.85. The summed E-state index contributed by atoms with van der Waals surface area (Å²) in [4.78, 5) is 20.9. The maximum atomic E-state index is 12.7. The Morgan fingerprint density at radius 3 is 2.15 bits per heavy atom. The molecule has 6 nitrogen and oxygen atoms in total. The zero-order chi connectivity index (χ0) is 19.9. The highest BCUT2D eigenvalue weighted by atomic mass is 16.2. The third-order valence-corrected chi connectivity index (χ3v) is 5.22. The van der Waals surface area contributed by atoms with Crippen LogP contribution in [-0.4, -0.2) is 63.4 Å². The smallest absolute Gasteiger partial charge is 0.230 e. The van der Waals surface area contributed by atoms with Gasteiger partial charge in [0.2, 0.25) is 5.91 Å². The van der Waals surface area contributed by atoms with Gasteiger partial charge in [-0.15, -0.1) is 0 Å². The molecule has 0 atom stereocenters. The molecule has 0 aromatic heterocycles. The summed E-state index contributed by atoms with van der Waals surface area (Å²) in [5, 5.41) is 6.74. The van der Waals surface area contributed by atoms with Crippen molar-refractivity contribution in [1.82, 2.24) is 20.4 Å². The average molecular weight is 374 g/mol. The van der Waals surface area contributed by atoms with Crippen LogP contribution in [0.5, 0.6) is 0 Å². The summed E-state index contributed by atoms with van der Waals surface area (Å²) in [6.07, 6.45) is 4.13. The van der Waals surface area contributed by atoms with E-state index in [1.165, 1.54) is 11.1 Å². The Hall–Kier alpha value is -2.08. The molecule has 2 N–H and O–H groups in total. The highest BCUT2D eigenvalue weighted by Gasteiger charge is 2.42. The molecular formula is C21H35N5O. The number of guanidine groups is 1. The lowest BCUT2D eigenvalue weighted by Gasteiger charge is -2.31. The SMILES string of the molecule is CN=C(NCc1ccc(CN(C)C)cc1)NCC1(C(=O)N(C)C)CCCC1. The van der Waals surface area contributed by atoms with Crippen LogP contribution in [0.2, 0.25) is 0 Å². The third kappa shape index (κ3) is 5.96. The molecule has 2 rings (SSSR count). The van der Waals surface area contributed by atoms with Crippen molar-refractivity contribution in [1.29, 1.82) is 0 Å². The fourth-order valence-electron chi connectivity index (χ4n) is 3.78. The van der Waals surface area contributed by atoms with E-state index < -0.39 is 0 Å². The minimum Gasteiger partial charge on any atom is -0.355 e. The van der Waals surface area contributed by atoms with Crippen LogP contribution in [0.3, 0.4) is 0 Å². The van der Waals surface area contributed by atoms with Crippen molar-refractivity contribution in [2.45, 2.75) is 38.8 Å². The predicted molar refractivity (Wildman–Crippen MR) is 112 cm³/mol. The Balaban J connectivity index is 1.89. The summed E-state index contributed by atoms with van der Waals surface area (Å²) in [7, 11) is 9.60. The minimum atomic E-state index is -0.297. The fourth-order valence-corrected chi connectivity index (χ4v) is 3.78. The first-order valence-corrected chi connectivity index (χ1v) is 9.75. The molecule has 1 aliphatic rings. The normalized spacial score (nSPS) is 16.4. The zero-order valence-electron chi connectivity index (χ0n) is 17.5. The molecule has 6 heteroatoms. The number of nitrogens with zero attached hydrogens (tertiary/aromatic N) is 3. The van der Waals surface area contributed by atoms with Gasteiger partial charge in [-0.1, -0.05) is 37.1 Å². The van der Waals surface area contributed by atoms with Crippen molar-refractivity contribution in [3.05, 3.63) is 35.4 Å². The minimum absolute atomic E-state index is 0.222. The van der Waals surface area contributed by atoms with Gasteiger partial charge in [-0.25, -0.2) is 0 Å². The number of carbonyl (C=O) groups is 1. The number of hydrogen-bond donors (Lipinski definition) is 2. The molecule has 0 spiro atoms. The van der Waals surface area contributed by atoms with Gasteiger partial charge in [0.05, 0.1) is 5.41 Å². The van der Waals surface area contributed by atoms with Crippen molar-refractivity contribution in [2.75, 3.05) is 41.8 Å². The summed E-state index contributed by atoms with van der Waals surface area (Å²) in [6, 6.07) is 8.62. The summed E-state index contributed by atoms with van der Waals surface area (Å²) in [5.74, 6) is 0.963. The van der Waals surface area contributed by atoms with E-state index >= 15 is 0 Å². The number of nitrogens with one attached hydrogen (secondary N) is 2. The van der Waals surface area contributed by atoms with Crippen molar-refractivity contribution < 1.29 is 4.79 Å². The van der Waals surface area contributed by atoms with E-state index in [4.69, 9.17) is 0 Å². The number of carbonyl (C=O) groups excluding carboxylic acids is 1. The van der Waals surface area contributed by atoms with Gasteiger partial charge in [0.1, 0.15) is 0 Å². The zero-order valence-corrected chi connectivity index (χ0v) is 17.5. The van der Waals surface area contributed by atoms with Crippen LogP contribution in [0.25, 0.3) is 0 Å². The van der Waals surface area contributed by atoms with Gasteiger partial charge in [-0.05, 0) is 38.1 Å². The predicted octanol–water partition coefficient (Wildman–Crippen LogP) is 2.06. The Kier molecular flexibility index (Phi) is 7.66. The largest absolute Gasteiger partial charge is 0.355 e. The monoisotopic (exact) mass is 373 g/mol. The van der Waals surface area contributed by atoms with Gasteiger partial charge in [0, 0.05) is 40.8 Å². The quantitative estimate of drug-likeness (QED) is 0.567. The molecular weight excluding hydrogens is 338 g/mol. The van der Waals surface area contributed by atoms with Crippen molar-refractivity contribution >= 4 is 11.9 Å². The Bertz CT molecular complexity index is 630. The van der Waals surface area contributed by atoms with Gasteiger partial charge in [0.15, 0.2) is 5.96 Å². The molecule has 1 aliphatic carbocycles. The molecule has 0 heterocycles. The molecule has 1 saturated carbocycles. The second kappa shape index (κ2) is 9.74. The maximum Gasteiger partial charge on any atom is 0.230 e. The van der Waals surface area contributed by atoms with Crippen LogP contribution >= 0.6 is 0 Å². The lowest BCUT2D eigenvalue weighted by Crippen LogP contribution is -2.49. The lowest BCUT2D eigenvalue weighted by atomic mass is 9.84. The molecule has 27 heavy (non-hydrogen) atoms. The fraction of sp³-hybridized carbons (Fsp3) is 0.619. The van der Waals surface area contributed by atoms with Crippen LogP contribution in [0, 0.1) is 5.41 Å². The molecule has 1 amide bonds. The van der Waals surface area contributed by atoms with E-state index in [1.807, 2.05) is 14.1 Å². The van der Waals surface area contributed by atoms with Gasteiger partial charge < -0.3 is 20.4 Å². The van der Waals surface area contributed by atoms with E-state index in [-0.39, 0.29) is 11.3 Å². The molecule has 0 radical (unpaired) electrons.